The van der Waals surface area contributed by atoms with E-state index in [-0.39, 0.29) is 0 Å². The molecule has 0 bridgehead atoms. The van der Waals surface area contributed by atoms with Gasteiger partial charge in [-0.15, -0.1) is 0 Å². The molecular weight excluding hydrogens is 195 g/mol. The lowest BCUT2D eigenvalue weighted by molar-refractivity contribution is -0.159. The van der Waals surface area contributed by atoms with Crippen LogP contribution in [0, 0.1) is 28.1 Å². The first kappa shape index (κ1) is 11.6. The third-order valence-electron chi connectivity index (χ3n) is 1.25. The van der Waals surface area contributed by atoms with E-state index in [9.17, 15) is 22.0 Å². The largest absolute Gasteiger partial charge is 0.391 e. The SMILES string of the molecule is N#CC(C#N)(CC(F)(F)F)C(F)F. The van der Waals surface area contributed by atoms with Gasteiger partial charge >= 0.3 is 6.18 Å². The average Bonchev–Trinajstić information content (AvgIpc) is 1.98. The predicted molar refractivity (Wildman–Crippen MR) is 30.3 cm³/mol. The maximum absolute atomic E-state index is 11.9. The summed E-state index contributed by atoms with van der Waals surface area (Å²) in [6.07, 6.45) is -10.7. The molecule has 0 fully saturated rings. The molecule has 0 rings (SSSR count). The van der Waals surface area contributed by atoms with Gasteiger partial charge in [0, 0.05) is 0 Å². The highest BCUT2D eigenvalue weighted by molar-refractivity contribution is 5.16. The summed E-state index contributed by atoms with van der Waals surface area (Å²) in [7, 11) is 0. The highest BCUT2D eigenvalue weighted by Crippen LogP contribution is 2.37. The number of nitrogens with zero attached hydrogens (tertiary/aromatic N) is 2. The fourth-order valence-corrected chi connectivity index (χ4v) is 0.595. The summed E-state index contributed by atoms with van der Waals surface area (Å²) in [4.78, 5) is 0. The number of alkyl halides is 5. The van der Waals surface area contributed by atoms with Gasteiger partial charge in [-0.2, -0.15) is 23.7 Å². The molecule has 72 valence electrons. The van der Waals surface area contributed by atoms with E-state index in [0.29, 0.717) is 12.1 Å². The van der Waals surface area contributed by atoms with Crippen molar-refractivity contribution in [3.8, 4) is 12.1 Å². The van der Waals surface area contributed by atoms with Crippen LogP contribution < -0.4 is 0 Å². The van der Waals surface area contributed by atoms with Crippen molar-refractivity contribution in [2.24, 2.45) is 5.41 Å². The van der Waals surface area contributed by atoms with E-state index in [4.69, 9.17) is 10.5 Å². The van der Waals surface area contributed by atoms with Gasteiger partial charge in [-0.3, -0.25) is 0 Å². The minimum atomic E-state index is -4.96. The van der Waals surface area contributed by atoms with Crippen molar-refractivity contribution in [1.82, 2.24) is 0 Å². The Morgan fingerprint density at radius 3 is 1.54 bits per heavy atom. The monoisotopic (exact) mass is 198 g/mol. The molecule has 0 aromatic rings. The molecule has 0 unspecified atom stereocenters. The molecule has 7 heteroatoms. The lowest BCUT2D eigenvalue weighted by atomic mass is 9.88. The van der Waals surface area contributed by atoms with Crippen LogP contribution in [-0.2, 0) is 0 Å². The molecule has 0 N–H and O–H groups in total. The molecule has 0 aliphatic carbocycles. The summed E-state index contributed by atoms with van der Waals surface area (Å²) in [5, 5.41) is 16.1. The lowest BCUT2D eigenvalue weighted by Gasteiger charge is -2.18. The number of halogens is 5. The predicted octanol–water partition coefficient (Wildman–Crippen LogP) is 2.24. The van der Waals surface area contributed by atoms with Crippen molar-refractivity contribution in [3.63, 3.8) is 0 Å². The molecule has 0 atom stereocenters. The van der Waals surface area contributed by atoms with Gasteiger partial charge < -0.3 is 0 Å². The van der Waals surface area contributed by atoms with Crippen molar-refractivity contribution in [2.75, 3.05) is 0 Å². The van der Waals surface area contributed by atoms with Crippen LogP contribution in [-0.4, -0.2) is 12.6 Å². The van der Waals surface area contributed by atoms with Crippen molar-refractivity contribution in [3.05, 3.63) is 0 Å². The first-order chi connectivity index (χ1) is 5.77. The minimum Gasteiger partial charge on any atom is -0.207 e. The summed E-state index contributed by atoms with van der Waals surface area (Å²) in [6, 6.07) is 1.38. The highest BCUT2D eigenvalue weighted by atomic mass is 19.4. The Morgan fingerprint density at radius 1 is 1.08 bits per heavy atom. The van der Waals surface area contributed by atoms with Crippen LogP contribution in [0.3, 0.4) is 0 Å². The van der Waals surface area contributed by atoms with Crippen molar-refractivity contribution >= 4 is 0 Å². The number of nitriles is 2. The number of hydrogen-bond acceptors (Lipinski definition) is 2. The van der Waals surface area contributed by atoms with Gasteiger partial charge in [0.05, 0.1) is 18.6 Å². The van der Waals surface area contributed by atoms with Gasteiger partial charge in [0.2, 0.25) is 5.41 Å². The van der Waals surface area contributed by atoms with Crippen LogP contribution >= 0.6 is 0 Å². The molecule has 0 aliphatic heterocycles. The maximum Gasteiger partial charge on any atom is 0.391 e. The first-order valence-corrected chi connectivity index (χ1v) is 2.95. The zero-order chi connectivity index (χ0) is 10.7. The zero-order valence-electron chi connectivity index (χ0n) is 6.07. The Kier molecular flexibility index (Phi) is 3.19. The highest BCUT2D eigenvalue weighted by Gasteiger charge is 2.50. The number of hydrogen-bond donors (Lipinski definition) is 0. The van der Waals surface area contributed by atoms with Gasteiger partial charge in [0.15, 0.2) is 0 Å². The van der Waals surface area contributed by atoms with E-state index < -0.39 is 24.4 Å². The molecule has 0 aromatic heterocycles. The maximum atomic E-state index is 11.9. The van der Waals surface area contributed by atoms with Crippen LogP contribution in [0.25, 0.3) is 0 Å². The summed E-state index contributed by atoms with van der Waals surface area (Å²) >= 11 is 0. The van der Waals surface area contributed by atoms with E-state index in [1.807, 2.05) is 0 Å². The third kappa shape index (κ3) is 2.86. The molecule has 0 saturated carbocycles. The molecule has 0 aromatic carbocycles. The summed E-state index contributed by atoms with van der Waals surface area (Å²) in [6.45, 7) is 0. The molecule has 0 heterocycles. The van der Waals surface area contributed by atoms with E-state index in [2.05, 4.69) is 0 Å². The van der Waals surface area contributed by atoms with Crippen molar-refractivity contribution < 1.29 is 22.0 Å². The van der Waals surface area contributed by atoms with Gasteiger partial charge in [-0.05, 0) is 0 Å². The second kappa shape index (κ2) is 3.56. The molecular formula is C6H3F5N2. The van der Waals surface area contributed by atoms with E-state index in [1.165, 1.54) is 0 Å². The van der Waals surface area contributed by atoms with Crippen LogP contribution in [0.5, 0.6) is 0 Å². The van der Waals surface area contributed by atoms with Crippen molar-refractivity contribution in [1.29, 1.82) is 10.5 Å². The van der Waals surface area contributed by atoms with Gasteiger partial charge in [0.1, 0.15) is 0 Å². The molecule has 0 amide bonds. The Morgan fingerprint density at radius 2 is 1.46 bits per heavy atom. The quantitative estimate of drug-likeness (QED) is 0.638. The minimum absolute atomic E-state index is 0.690. The Labute approximate surface area is 70.2 Å². The Balaban J connectivity index is 4.86. The van der Waals surface area contributed by atoms with Gasteiger partial charge in [-0.1, -0.05) is 0 Å². The van der Waals surface area contributed by atoms with Crippen LogP contribution in [0.15, 0.2) is 0 Å². The first-order valence-electron chi connectivity index (χ1n) is 2.95. The fraction of sp³-hybridized carbons (Fsp3) is 0.667. The second-order valence-electron chi connectivity index (χ2n) is 2.29. The van der Waals surface area contributed by atoms with Crippen LogP contribution in [0.2, 0.25) is 0 Å². The summed E-state index contributed by atoms with van der Waals surface area (Å²) < 4.78 is 58.8. The van der Waals surface area contributed by atoms with E-state index in [1.54, 1.807) is 0 Å². The zero-order valence-corrected chi connectivity index (χ0v) is 6.07. The molecule has 13 heavy (non-hydrogen) atoms. The molecule has 0 aliphatic rings. The molecule has 2 nitrogen and oxygen atoms in total. The third-order valence-corrected chi connectivity index (χ3v) is 1.25. The van der Waals surface area contributed by atoms with E-state index >= 15 is 0 Å². The number of rotatable bonds is 2. The topological polar surface area (TPSA) is 47.6 Å². The smallest absolute Gasteiger partial charge is 0.207 e. The van der Waals surface area contributed by atoms with Crippen LogP contribution in [0.1, 0.15) is 6.42 Å². The molecule has 0 saturated heterocycles. The van der Waals surface area contributed by atoms with Gasteiger partial charge in [0.25, 0.3) is 6.43 Å². The lowest BCUT2D eigenvalue weighted by Crippen LogP contribution is -2.32. The Bertz CT molecular complexity index is 242. The van der Waals surface area contributed by atoms with Crippen molar-refractivity contribution in [2.45, 2.75) is 19.0 Å². The second-order valence-corrected chi connectivity index (χ2v) is 2.29. The summed E-state index contributed by atoms with van der Waals surface area (Å²) in [5.41, 5.74) is -3.28. The molecule has 0 spiro atoms. The summed E-state index contributed by atoms with van der Waals surface area (Å²) in [5.74, 6) is 0. The standard InChI is InChI=1S/C6H3F5N2/c7-4(8)5(2-12,3-13)1-6(9,10)11/h4H,1H2. The Hall–Kier alpha value is -1.37. The average molecular weight is 198 g/mol. The molecule has 0 radical (unpaired) electrons. The van der Waals surface area contributed by atoms with E-state index in [0.717, 1.165) is 0 Å². The van der Waals surface area contributed by atoms with Crippen LogP contribution in [0.4, 0.5) is 22.0 Å². The normalized spacial score (nSPS) is 12.3. The fourth-order valence-electron chi connectivity index (χ4n) is 0.595. The van der Waals surface area contributed by atoms with Gasteiger partial charge in [-0.25, -0.2) is 8.78 Å².